The van der Waals surface area contributed by atoms with Gasteiger partial charge in [0.1, 0.15) is 0 Å². The number of hydrogen-bond acceptors (Lipinski definition) is 1. The Morgan fingerprint density at radius 1 is 1.56 bits per heavy atom. The minimum Gasteiger partial charge on any atom is -0.389 e. The van der Waals surface area contributed by atoms with E-state index >= 15 is 0 Å². The maximum atomic E-state index is 8.85. The van der Waals surface area contributed by atoms with Gasteiger partial charge >= 0.3 is 0 Å². The Morgan fingerprint density at radius 3 is 2.67 bits per heavy atom. The fourth-order valence-corrected chi connectivity index (χ4v) is 0.481. The number of rotatable bonds is 4. The fourth-order valence-electron chi connectivity index (χ4n) is 0.481. The minimum absolute atomic E-state index is 0.479. The summed E-state index contributed by atoms with van der Waals surface area (Å²) in [6, 6.07) is 0. The maximum Gasteiger partial charge on any atom is 0.0758 e. The van der Waals surface area contributed by atoms with Gasteiger partial charge in [0.2, 0.25) is 0 Å². The molecule has 1 N–H and O–H groups in total. The molecule has 1 heteroatoms. The van der Waals surface area contributed by atoms with Crippen molar-refractivity contribution in [1.29, 1.82) is 0 Å². The monoisotopic (exact) mass is 125 g/mol. The van der Waals surface area contributed by atoms with Gasteiger partial charge in [0.05, 0.1) is 6.10 Å². The molecule has 0 aliphatic carbocycles. The molecule has 0 aromatic carbocycles. The Morgan fingerprint density at radius 2 is 2.22 bits per heavy atom. The predicted molar refractivity (Wildman–Crippen MR) is 38.9 cm³/mol. The van der Waals surface area contributed by atoms with Crippen molar-refractivity contribution in [3.8, 4) is 0 Å². The summed E-state index contributed by atoms with van der Waals surface area (Å²) in [5, 5.41) is 8.85. The molecule has 0 spiro atoms. The van der Waals surface area contributed by atoms with E-state index < -0.39 is 6.10 Å². The van der Waals surface area contributed by atoms with E-state index in [2.05, 4.69) is 6.92 Å². The summed E-state index contributed by atoms with van der Waals surface area (Å²) in [4.78, 5) is 0. The minimum atomic E-state index is -0.479. The van der Waals surface area contributed by atoms with Crippen molar-refractivity contribution >= 4 is 0 Å². The molecule has 0 amide bonds. The second-order valence-electron chi connectivity index (χ2n) is 1.88. The molecule has 1 nitrogen and oxygen atoms in total. The standard InChI is InChI=1S/C8H13O/c1-3-5-6-7-8(9)4-2/h2,4-6,8-9H,3,7H2,1H3/b4-2?,6-5-/t8-/m1/s1. The second kappa shape index (κ2) is 5.57. The van der Waals surface area contributed by atoms with Crippen LogP contribution in [0.15, 0.2) is 18.2 Å². The molecule has 1 radical (unpaired) electrons. The molecule has 0 bridgehead atoms. The molecule has 9 heavy (non-hydrogen) atoms. The summed E-state index contributed by atoms with van der Waals surface area (Å²) in [6.45, 7) is 7.10. The molecule has 51 valence electrons. The summed E-state index contributed by atoms with van der Waals surface area (Å²) in [7, 11) is 0. The van der Waals surface area contributed by atoms with Gasteiger partial charge in [0, 0.05) is 0 Å². The summed E-state index contributed by atoms with van der Waals surface area (Å²) in [5.41, 5.74) is 0. The van der Waals surface area contributed by atoms with Crippen molar-refractivity contribution in [1.82, 2.24) is 0 Å². The highest BCUT2D eigenvalue weighted by molar-refractivity contribution is 4.88. The molecule has 0 saturated carbocycles. The van der Waals surface area contributed by atoms with Crippen LogP contribution in [0.4, 0.5) is 0 Å². The fraction of sp³-hybridized carbons (Fsp3) is 0.500. The molecule has 0 saturated heterocycles. The maximum absolute atomic E-state index is 8.85. The van der Waals surface area contributed by atoms with Gasteiger partial charge < -0.3 is 5.11 Å². The van der Waals surface area contributed by atoms with E-state index in [4.69, 9.17) is 11.7 Å². The Balaban J connectivity index is 3.25. The van der Waals surface area contributed by atoms with Gasteiger partial charge in [-0.15, -0.1) is 0 Å². The average molecular weight is 125 g/mol. The van der Waals surface area contributed by atoms with Crippen molar-refractivity contribution in [2.24, 2.45) is 0 Å². The zero-order valence-electron chi connectivity index (χ0n) is 5.75. The van der Waals surface area contributed by atoms with E-state index in [1.165, 1.54) is 6.08 Å². The molecule has 1 atom stereocenters. The van der Waals surface area contributed by atoms with Gasteiger partial charge in [-0.3, -0.25) is 0 Å². The van der Waals surface area contributed by atoms with Crippen LogP contribution in [0.3, 0.4) is 0 Å². The van der Waals surface area contributed by atoms with Crippen LogP contribution in [0.5, 0.6) is 0 Å². The van der Waals surface area contributed by atoms with E-state index in [-0.39, 0.29) is 0 Å². The molecule has 0 fully saturated rings. The smallest absolute Gasteiger partial charge is 0.0758 e. The largest absolute Gasteiger partial charge is 0.389 e. The number of allylic oxidation sites excluding steroid dienone is 1. The lowest BCUT2D eigenvalue weighted by Crippen LogP contribution is -1.97. The van der Waals surface area contributed by atoms with Crippen molar-refractivity contribution in [3.05, 3.63) is 24.8 Å². The van der Waals surface area contributed by atoms with Crippen LogP contribution in [0.1, 0.15) is 19.8 Å². The highest BCUT2D eigenvalue weighted by atomic mass is 16.3. The molecule has 0 aromatic heterocycles. The van der Waals surface area contributed by atoms with E-state index in [1.807, 2.05) is 12.2 Å². The SMILES string of the molecule is [CH]=C[C@@H](O)C/C=C\CC. The zero-order valence-corrected chi connectivity index (χ0v) is 5.75. The molecule has 0 aromatic rings. The first kappa shape index (κ1) is 8.44. The topological polar surface area (TPSA) is 20.2 Å². The third-order valence-corrected chi connectivity index (χ3v) is 1.00. The summed E-state index contributed by atoms with van der Waals surface area (Å²) in [5.74, 6) is 0. The van der Waals surface area contributed by atoms with Crippen LogP contribution in [-0.4, -0.2) is 11.2 Å². The Labute approximate surface area is 56.7 Å². The van der Waals surface area contributed by atoms with E-state index in [0.717, 1.165) is 6.42 Å². The Hall–Kier alpha value is -0.560. The molecular weight excluding hydrogens is 112 g/mol. The Bertz CT molecular complexity index is 94.7. The van der Waals surface area contributed by atoms with E-state index in [1.54, 1.807) is 0 Å². The average Bonchev–Trinajstić information content (AvgIpc) is 1.89. The Kier molecular flexibility index (Phi) is 5.23. The highest BCUT2D eigenvalue weighted by Crippen LogP contribution is 1.93. The van der Waals surface area contributed by atoms with Crippen molar-refractivity contribution < 1.29 is 5.11 Å². The third-order valence-electron chi connectivity index (χ3n) is 1.00. The lowest BCUT2D eigenvalue weighted by Gasteiger charge is -1.96. The van der Waals surface area contributed by atoms with Crippen LogP contribution in [-0.2, 0) is 0 Å². The first-order valence-corrected chi connectivity index (χ1v) is 3.19. The van der Waals surface area contributed by atoms with Crippen molar-refractivity contribution in [3.63, 3.8) is 0 Å². The highest BCUT2D eigenvalue weighted by Gasteiger charge is 1.90. The van der Waals surface area contributed by atoms with Crippen LogP contribution in [0, 0.1) is 6.58 Å². The number of hydrogen-bond donors (Lipinski definition) is 1. The van der Waals surface area contributed by atoms with Crippen LogP contribution in [0.25, 0.3) is 0 Å². The molecule has 0 unspecified atom stereocenters. The number of aliphatic hydroxyl groups excluding tert-OH is 1. The first-order valence-electron chi connectivity index (χ1n) is 3.19. The van der Waals surface area contributed by atoms with Gasteiger partial charge in [-0.25, -0.2) is 0 Å². The summed E-state index contributed by atoms with van der Waals surface area (Å²) >= 11 is 0. The molecule has 0 heterocycles. The van der Waals surface area contributed by atoms with E-state index in [0.29, 0.717) is 6.42 Å². The quantitative estimate of drug-likeness (QED) is 0.567. The van der Waals surface area contributed by atoms with E-state index in [9.17, 15) is 0 Å². The molecule has 0 rings (SSSR count). The predicted octanol–water partition coefficient (Wildman–Crippen LogP) is 1.69. The number of aliphatic hydroxyl groups is 1. The lowest BCUT2D eigenvalue weighted by molar-refractivity contribution is 0.227. The van der Waals surface area contributed by atoms with Gasteiger partial charge in [-0.05, 0) is 12.8 Å². The van der Waals surface area contributed by atoms with Crippen LogP contribution < -0.4 is 0 Å². The van der Waals surface area contributed by atoms with Gasteiger partial charge in [-0.2, -0.15) is 0 Å². The molecule has 0 aliphatic heterocycles. The normalized spacial score (nSPS) is 14.0. The summed E-state index contributed by atoms with van der Waals surface area (Å²) < 4.78 is 0. The first-order chi connectivity index (χ1) is 4.31. The molecular formula is C8H13O. The zero-order chi connectivity index (χ0) is 7.11. The van der Waals surface area contributed by atoms with Gasteiger partial charge in [0.15, 0.2) is 0 Å². The van der Waals surface area contributed by atoms with Gasteiger partial charge in [0.25, 0.3) is 0 Å². The third kappa shape index (κ3) is 5.31. The lowest BCUT2D eigenvalue weighted by atomic mass is 10.2. The van der Waals surface area contributed by atoms with Crippen molar-refractivity contribution in [2.45, 2.75) is 25.9 Å². The van der Waals surface area contributed by atoms with Crippen LogP contribution in [0.2, 0.25) is 0 Å². The van der Waals surface area contributed by atoms with Crippen LogP contribution >= 0.6 is 0 Å². The molecule has 0 aliphatic rings. The van der Waals surface area contributed by atoms with Crippen molar-refractivity contribution in [2.75, 3.05) is 0 Å². The van der Waals surface area contributed by atoms with Gasteiger partial charge in [-0.1, -0.05) is 31.7 Å². The second-order valence-corrected chi connectivity index (χ2v) is 1.88. The summed E-state index contributed by atoms with van der Waals surface area (Å²) in [6.07, 6.45) is 6.38.